The van der Waals surface area contributed by atoms with Gasteiger partial charge < -0.3 is 23.7 Å². The standard InChI is InChI=1S/C37H33FO8/c1-3-35(39)44-23-5-4-22-42-32-18-14-31(15-19-32)37(41)46-34-20-12-30(13-21-34)28-8-6-27(7-9-28)29-10-16-33(17-11-29)43-24-25-45-36(40)26(2)38/h3,6-21H,1-2,4-5,22-25H2. The zero-order chi connectivity index (χ0) is 32.7. The maximum Gasteiger partial charge on any atom is 0.366 e. The van der Waals surface area contributed by atoms with Crippen molar-refractivity contribution >= 4 is 17.9 Å². The molecule has 0 aliphatic carbocycles. The summed E-state index contributed by atoms with van der Waals surface area (Å²) in [5, 5.41) is 0. The molecule has 0 fully saturated rings. The second-order valence-electron chi connectivity index (χ2n) is 9.86. The molecule has 46 heavy (non-hydrogen) atoms. The molecule has 4 rings (SSSR count). The average Bonchev–Trinajstić information content (AvgIpc) is 3.09. The van der Waals surface area contributed by atoms with Gasteiger partial charge in [0, 0.05) is 6.08 Å². The summed E-state index contributed by atoms with van der Waals surface area (Å²) in [6.45, 7) is 7.01. The molecule has 0 N–H and O–H groups in total. The topological polar surface area (TPSA) is 97.4 Å². The normalized spacial score (nSPS) is 10.4. The Hall–Kier alpha value is -5.70. The Morgan fingerprint density at radius 3 is 1.57 bits per heavy atom. The van der Waals surface area contributed by atoms with Gasteiger partial charge in [-0.25, -0.2) is 14.4 Å². The zero-order valence-corrected chi connectivity index (χ0v) is 25.1. The number of benzene rings is 4. The number of ether oxygens (including phenoxy) is 5. The molecule has 0 unspecified atom stereocenters. The third-order valence-electron chi connectivity index (χ3n) is 6.59. The smallest absolute Gasteiger partial charge is 0.366 e. The van der Waals surface area contributed by atoms with Crippen molar-refractivity contribution in [2.24, 2.45) is 0 Å². The number of carbonyl (C=O) groups excluding carboxylic acids is 3. The minimum atomic E-state index is -1.14. The predicted molar refractivity (Wildman–Crippen MR) is 171 cm³/mol. The molecule has 0 radical (unpaired) electrons. The van der Waals surface area contributed by atoms with Crippen LogP contribution in [0.4, 0.5) is 4.39 Å². The van der Waals surface area contributed by atoms with E-state index in [0.29, 0.717) is 48.9 Å². The van der Waals surface area contributed by atoms with E-state index in [9.17, 15) is 18.8 Å². The number of halogens is 1. The first-order chi connectivity index (χ1) is 22.3. The molecule has 4 aromatic carbocycles. The molecule has 0 atom stereocenters. The highest BCUT2D eigenvalue weighted by atomic mass is 19.1. The summed E-state index contributed by atoms with van der Waals surface area (Å²) >= 11 is 0. The van der Waals surface area contributed by atoms with E-state index in [-0.39, 0.29) is 13.2 Å². The molecule has 0 bridgehead atoms. The van der Waals surface area contributed by atoms with Gasteiger partial charge >= 0.3 is 17.9 Å². The van der Waals surface area contributed by atoms with Crippen molar-refractivity contribution in [3.63, 3.8) is 0 Å². The van der Waals surface area contributed by atoms with Crippen LogP contribution < -0.4 is 14.2 Å². The molecule has 236 valence electrons. The van der Waals surface area contributed by atoms with E-state index in [2.05, 4.69) is 17.9 Å². The fraction of sp³-hybridized carbons (Fsp3) is 0.162. The lowest BCUT2D eigenvalue weighted by molar-refractivity contribution is -0.141. The molecular weight excluding hydrogens is 591 g/mol. The molecule has 0 amide bonds. The quantitative estimate of drug-likeness (QED) is 0.0546. The highest BCUT2D eigenvalue weighted by Crippen LogP contribution is 2.28. The van der Waals surface area contributed by atoms with Crippen LogP contribution in [-0.4, -0.2) is 44.3 Å². The van der Waals surface area contributed by atoms with Gasteiger partial charge in [-0.1, -0.05) is 61.7 Å². The van der Waals surface area contributed by atoms with Crippen LogP contribution in [0, 0.1) is 0 Å². The van der Waals surface area contributed by atoms with E-state index in [1.165, 1.54) is 0 Å². The fourth-order valence-corrected chi connectivity index (χ4v) is 4.17. The fourth-order valence-electron chi connectivity index (χ4n) is 4.17. The van der Waals surface area contributed by atoms with Crippen LogP contribution in [0.5, 0.6) is 17.2 Å². The molecule has 0 saturated carbocycles. The molecule has 0 spiro atoms. The molecule has 8 nitrogen and oxygen atoms in total. The Labute approximate surface area is 266 Å². The summed E-state index contributed by atoms with van der Waals surface area (Å²) in [6.07, 6.45) is 2.52. The number of hydrogen-bond acceptors (Lipinski definition) is 8. The molecule has 0 aromatic heterocycles. The van der Waals surface area contributed by atoms with Gasteiger partial charge in [0.25, 0.3) is 0 Å². The summed E-state index contributed by atoms with van der Waals surface area (Å²) < 4.78 is 38.9. The van der Waals surface area contributed by atoms with E-state index in [4.69, 9.17) is 18.9 Å². The van der Waals surface area contributed by atoms with Crippen molar-refractivity contribution in [2.75, 3.05) is 26.4 Å². The lowest BCUT2D eigenvalue weighted by atomic mass is 10.0. The summed E-state index contributed by atoms with van der Waals surface area (Å²) in [5.41, 5.74) is 4.37. The van der Waals surface area contributed by atoms with Crippen LogP contribution in [0.2, 0.25) is 0 Å². The monoisotopic (exact) mass is 624 g/mol. The number of unbranched alkanes of at least 4 members (excludes halogenated alkanes) is 1. The molecule has 0 saturated heterocycles. The van der Waals surface area contributed by atoms with E-state index in [1.807, 2.05) is 48.5 Å². The lowest BCUT2D eigenvalue weighted by Gasteiger charge is -2.09. The Morgan fingerprint density at radius 1 is 0.587 bits per heavy atom. The van der Waals surface area contributed by atoms with Crippen LogP contribution in [0.3, 0.4) is 0 Å². The Kier molecular flexibility index (Phi) is 12.2. The molecule has 0 aliphatic rings. The SMILES string of the molecule is C=CC(=O)OCCCCOc1ccc(C(=O)Oc2ccc(-c3ccc(-c4ccc(OCCOC(=O)C(=C)F)cc4)cc3)cc2)cc1. The Balaban J connectivity index is 1.22. The van der Waals surface area contributed by atoms with Crippen molar-refractivity contribution in [1.29, 1.82) is 0 Å². The van der Waals surface area contributed by atoms with Gasteiger partial charge in [0.15, 0.2) is 0 Å². The minimum Gasteiger partial charge on any atom is -0.494 e. The number of hydrogen-bond donors (Lipinski definition) is 0. The molecule has 4 aromatic rings. The van der Waals surface area contributed by atoms with Crippen LogP contribution in [-0.2, 0) is 19.1 Å². The van der Waals surface area contributed by atoms with Crippen molar-refractivity contribution < 1.29 is 42.5 Å². The first-order valence-electron chi connectivity index (χ1n) is 14.5. The first-order valence-corrected chi connectivity index (χ1v) is 14.5. The third-order valence-corrected chi connectivity index (χ3v) is 6.59. The largest absolute Gasteiger partial charge is 0.494 e. The first kappa shape index (κ1) is 33.2. The lowest BCUT2D eigenvalue weighted by Crippen LogP contribution is -2.12. The van der Waals surface area contributed by atoms with Crippen LogP contribution in [0.1, 0.15) is 23.2 Å². The summed E-state index contributed by atoms with van der Waals surface area (Å²) in [6, 6.07) is 29.5. The number of esters is 3. The minimum absolute atomic E-state index is 0.0832. The van der Waals surface area contributed by atoms with Gasteiger partial charge in [0.1, 0.15) is 30.5 Å². The number of rotatable bonds is 16. The van der Waals surface area contributed by atoms with Gasteiger partial charge in [0.05, 0.1) is 18.8 Å². The van der Waals surface area contributed by atoms with E-state index >= 15 is 0 Å². The predicted octanol–water partition coefficient (Wildman–Crippen LogP) is 7.53. The molecule has 9 heteroatoms. The van der Waals surface area contributed by atoms with E-state index in [1.54, 1.807) is 48.5 Å². The van der Waals surface area contributed by atoms with Crippen molar-refractivity contribution in [3.8, 4) is 39.5 Å². The summed E-state index contributed by atoms with van der Waals surface area (Å²) in [4.78, 5) is 34.7. The van der Waals surface area contributed by atoms with Gasteiger partial charge in [0.2, 0.25) is 5.83 Å². The summed E-state index contributed by atoms with van der Waals surface area (Å²) in [7, 11) is 0. The van der Waals surface area contributed by atoms with Crippen molar-refractivity contribution in [3.05, 3.63) is 128 Å². The maximum atomic E-state index is 12.6. The van der Waals surface area contributed by atoms with Crippen molar-refractivity contribution in [2.45, 2.75) is 12.8 Å². The van der Waals surface area contributed by atoms with Gasteiger partial charge in [-0.15, -0.1) is 0 Å². The van der Waals surface area contributed by atoms with Crippen LogP contribution in [0.25, 0.3) is 22.3 Å². The van der Waals surface area contributed by atoms with E-state index in [0.717, 1.165) is 28.3 Å². The van der Waals surface area contributed by atoms with Gasteiger partial charge in [-0.3, -0.25) is 0 Å². The van der Waals surface area contributed by atoms with E-state index < -0.39 is 23.7 Å². The van der Waals surface area contributed by atoms with Gasteiger partial charge in [-0.05, 0) is 83.6 Å². The zero-order valence-electron chi connectivity index (χ0n) is 25.1. The van der Waals surface area contributed by atoms with Crippen molar-refractivity contribution in [1.82, 2.24) is 0 Å². The second-order valence-corrected chi connectivity index (χ2v) is 9.86. The van der Waals surface area contributed by atoms with Gasteiger partial charge in [-0.2, -0.15) is 4.39 Å². The molecule has 0 aliphatic heterocycles. The third kappa shape index (κ3) is 10.2. The maximum absolute atomic E-state index is 12.6. The van der Waals surface area contributed by atoms with Crippen LogP contribution in [0.15, 0.2) is 122 Å². The molecular formula is C37H33FO8. The number of carbonyl (C=O) groups is 3. The average molecular weight is 625 g/mol. The highest BCUT2D eigenvalue weighted by molar-refractivity contribution is 5.91. The second kappa shape index (κ2) is 17.0. The Bertz CT molecular complexity index is 1630. The highest BCUT2D eigenvalue weighted by Gasteiger charge is 2.10. The van der Waals surface area contributed by atoms with Crippen LogP contribution >= 0.6 is 0 Å². The molecule has 0 heterocycles. The Morgan fingerprint density at radius 2 is 1.04 bits per heavy atom. The summed E-state index contributed by atoms with van der Waals surface area (Å²) in [5.74, 6) is -1.51.